The van der Waals surface area contributed by atoms with E-state index in [1.807, 2.05) is 23.1 Å². The lowest BCUT2D eigenvalue weighted by Crippen LogP contribution is -2.51. The molecule has 154 valence electrons. The number of nitrogens with two attached hydrogens (primary N) is 1. The van der Waals surface area contributed by atoms with Crippen molar-refractivity contribution in [2.75, 3.05) is 37.2 Å². The van der Waals surface area contributed by atoms with E-state index < -0.39 is 0 Å². The van der Waals surface area contributed by atoms with E-state index in [-0.39, 0.29) is 24.9 Å². The minimum absolute atomic E-state index is 0.0113. The quantitative estimate of drug-likeness (QED) is 0.650. The third-order valence-corrected chi connectivity index (χ3v) is 5.25. The van der Waals surface area contributed by atoms with E-state index in [1.165, 1.54) is 6.33 Å². The van der Waals surface area contributed by atoms with Crippen LogP contribution in [-0.2, 0) is 16.1 Å². The molecule has 1 aliphatic rings. The number of carbonyl (C=O) groups excluding carboxylic acids is 2. The molecule has 2 aromatic carbocycles. The van der Waals surface area contributed by atoms with E-state index in [1.54, 1.807) is 29.2 Å². The molecule has 1 saturated heterocycles. The number of halogens is 1. The number of hydrogen-bond acceptors (Lipinski definition) is 6. The van der Waals surface area contributed by atoms with E-state index in [9.17, 15) is 9.59 Å². The molecule has 0 atom stereocenters. The van der Waals surface area contributed by atoms with Crippen molar-refractivity contribution in [3.05, 3.63) is 59.4 Å². The summed E-state index contributed by atoms with van der Waals surface area (Å²) < 4.78 is 0. The van der Waals surface area contributed by atoms with Crippen LogP contribution < -0.4 is 11.1 Å². The molecule has 3 aromatic rings. The van der Waals surface area contributed by atoms with Gasteiger partial charge >= 0.3 is 0 Å². The van der Waals surface area contributed by atoms with Crippen LogP contribution in [0.3, 0.4) is 0 Å². The Labute approximate surface area is 178 Å². The largest absolute Gasteiger partial charge is 0.383 e. The van der Waals surface area contributed by atoms with Crippen LogP contribution in [0.2, 0.25) is 5.02 Å². The molecule has 4 rings (SSSR count). The number of rotatable bonds is 5. The van der Waals surface area contributed by atoms with Crippen molar-refractivity contribution in [3.63, 3.8) is 0 Å². The van der Waals surface area contributed by atoms with Gasteiger partial charge in [0.2, 0.25) is 11.8 Å². The van der Waals surface area contributed by atoms with Gasteiger partial charge in [0, 0.05) is 35.7 Å². The summed E-state index contributed by atoms with van der Waals surface area (Å²) in [6.07, 6.45) is 1.43. The molecule has 0 unspecified atom stereocenters. The zero-order valence-electron chi connectivity index (χ0n) is 16.2. The Bertz CT molecular complexity index is 1090. The summed E-state index contributed by atoms with van der Waals surface area (Å²) in [6, 6.07) is 12.6. The van der Waals surface area contributed by atoms with Gasteiger partial charge in [-0.15, -0.1) is 0 Å². The van der Waals surface area contributed by atoms with Gasteiger partial charge in [-0.2, -0.15) is 0 Å². The van der Waals surface area contributed by atoms with Crippen LogP contribution in [0.25, 0.3) is 10.9 Å². The molecule has 9 heteroatoms. The lowest BCUT2D eigenvalue weighted by molar-refractivity contribution is -0.137. The van der Waals surface area contributed by atoms with Crippen molar-refractivity contribution in [1.29, 1.82) is 0 Å². The fourth-order valence-electron chi connectivity index (χ4n) is 3.44. The Morgan fingerprint density at radius 2 is 1.93 bits per heavy atom. The van der Waals surface area contributed by atoms with Gasteiger partial charge in [0.15, 0.2) is 0 Å². The monoisotopic (exact) mass is 424 g/mol. The molecule has 30 heavy (non-hydrogen) atoms. The molecule has 1 fully saturated rings. The topological polar surface area (TPSA) is 104 Å². The molecule has 1 aromatic heterocycles. The smallest absolute Gasteiger partial charge is 0.238 e. The molecule has 0 spiro atoms. The van der Waals surface area contributed by atoms with Crippen molar-refractivity contribution < 1.29 is 9.59 Å². The van der Waals surface area contributed by atoms with Gasteiger partial charge < -0.3 is 16.0 Å². The number of nitrogen functional groups attached to an aromatic ring is 1. The summed E-state index contributed by atoms with van der Waals surface area (Å²) in [4.78, 5) is 36.7. The first-order chi connectivity index (χ1) is 14.5. The van der Waals surface area contributed by atoms with Crippen LogP contribution in [0.4, 0.5) is 11.5 Å². The predicted molar refractivity (Wildman–Crippen MR) is 116 cm³/mol. The second-order valence-corrected chi connectivity index (χ2v) is 7.63. The van der Waals surface area contributed by atoms with E-state index in [0.29, 0.717) is 36.2 Å². The molecular weight excluding hydrogens is 404 g/mol. The molecule has 3 N–H and O–H groups in total. The van der Waals surface area contributed by atoms with Crippen molar-refractivity contribution >= 4 is 45.8 Å². The van der Waals surface area contributed by atoms with E-state index in [0.717, 1.165) is 16.5 Å². The highest BCUT2D eigenvalue weighted by atomic mass is 35.5. The average Bonchev–Trinajstić information content (AvgIpc) is 2.72. The highest BCUT2D eigenvalue weighted by Gasteiger charge is 2.25. The standard InChI is InChI=1S/C21H21ClN6O2/c22-15-2-4-16(5-3-15)26-19(29)11-27-7-8-28(20(30)12-27)10-14-1-6-17-18(9-14)24-13-25-21(17)23/h1-6,9,13H,7-8,10-12H2,(H,26,29)(H2,23,24,25). The van der Waals surface area contributed by atoms with Crippen LogP contribution in [0.15, 0.2) is 48.8 Å². The molecule has 2 heterocycles. The van der Waals surface area contributed by atoms with Gasteiger partial charge in [-0.3, -0.25) is 14.5 Å². The Balaban J connectivity index is 1.32. The molecule has 2 amide bonds. The average molecular weight is 425 g/mol. The SMILES string of the molecule is Nc1ncnc2cc(CN3CCN(CC(=O)Nc4ccc(Cl)cc4)CC3=O)ccc12. The molecule has 1 aliphatic heterocycles. The third kappa shape index (κ3) is 4.67. The number of nitrogens with one attached hydrogen (secondary N) is 1. The maximum absolute atomic E-state index is 12.6. The van der Waals surface area contributed by atoms with Crippen molar-refractivity contribution in [3.8, 4) is 0 Å². The van der Waals surface area contributed by atoms with E-state index in [2.05, 4.69) is 15.3 Å². The number of piperazine rings is 1. The highest BCUT2D eigenvalue weighted by molar-refractivity contribution is 6.30. The first-order valence-corrected chi connectivity index (χ1v) is 9.90. The Morgan fingerprint density at radius 1 is 1.13 bits per heavy atom. The molecule has 0 saturated carbocycles. The summed E-state index contributed by atoms with van der Waals surface area (Å²) in [5.74, 6) is 0.265. The molecule has 0 bridgehead atoms. The van der Waals surface area contributed by atoms with Crippen molar-refractivity contribution in [2.45, 2.75) is 6.54 Å². The number of hydrogen-bond donors (Lipinski definition) is 2. The van der Waals surface area contributed by atoms with Crippen molar-refractivity contribution in [2.24, 2.45) is 0 Å². The van der Waals surface area contributed by atoms with Crippen LogP contribution in [0.1, 0.15) is 5.56 Å². The van der Waals surface area contributed by atoms with Crippen LogP contribution in [-0.4, -0.2) is 57.8 Å². The van der Waals surface area contributed by atoms with Crippen molar-refractivity contribution in [1.82, 2.24) is 19.8 Å². The summed E-state index contributed by atoms with van der Waals surface area (Å²) >= 11 is 5.85. The van der Waals surface area contributed by atoms with E-state index in [4.69, 9.17) is 17.3 Å². The first kappa shape index (κ1) is 20.1. The number of amides is 2. The van der Waals surface area contributed by atoms with Gasteiger partial charge in [-0.1, -0.05) is 17.7 Å². The third-order valence-electron chi connectivity index (χ3n) is 5.00. The van der Waals surface area contributed by atoms with Gasteiger partial charge in [0.05, 0.1) is 18.6 Å². The Hall–Kier alpha value is -3.23. The van der Waals surface area contributed by atoms with Crippen LogP contribution in [0.5, 0.6) is 0 Å². The Kier molecular flexibility index (Phi) is 5.78. The summed E-state index contributed by atoms with van der Waals surface area (Å²) in [7, 11) is 0. The number of aromatic nitrogens is 2. The number of carbonyl (C=O) groups is 2. The Morgan fingerprint density at radius 3 is 2.70 bits per heavy atom. The van der Waals surface area contributed by atoms with Crippen LogP contribution in [0, 0.1) is 0 Å². The number of benzene rings is 2. The first-order valence-electron chi connectivity index (χ1n) is 9.52. The zero-order chi connectivity index (χ0) is 21.1. The number of nitrogens with zero attached hydrogens (tertiary/aromatic N) is 4. The highest BCUT2D eigenvalue weighted by Crippen LogP contribution is 2.19. The summed E-state index contributed by atoms with van der Waals surface area (Å²) in [5, 5.41) is 4.22. The molecule has 8 nitrogen and oxygen atoms in total. The second kappa shape index (κ2) is 8.64. The zero-order valence-corrected chi connectivity index (χ0v) is 17.0. The maximum atomic E-state index is 12.6. The predicted octanol–water partition coefficient (Wildman–Crippen LogP) is 2.15. The number of fused-ring (bicyclic) bond motifs is 1. The van der Waals surface area contributed by atoms with Gasteiger partial charge in [-0.25, -0.2) is 9.97 Å². The number of anilines is 2. The minimum atomic E-state index is -0.162. The fourth-order valence-corrected chi connectivity index (χ4v) is 3.56. The van der Waals surface area contributed by atoms with Gasteiger partial charge in [0.25, 0.3) is 0 Å². The molecular formula is C21H21ClN6O2. The minimum Gasteiger partial charge on any atom is -0.383 e. The normalized spacial score (nSPS) is 14.8. The maximum Gasteiger partial charge on any atom is 0.238 e. The lowest BCUT2D eigenvalue weighted by atomic mass is 10.1. The van der Waals surface area contributed by atoms with Gasteiger partial charge in [-0.05, 0) is 42.0 Å². The molecule has 0 aliphatic carbocycles. The van der Waals surface area contributed by atoms with Crippen LogP contribution >= 0.6 is 11.6 Å². The van der Waals surface area contributed by atoms with Gasteiger partial charge in [0.1, 0.15) is 12.1 Å². The lowest BCUT2D eigenvalue weighted by Gasteiger charge is -2.34. The summed E-state index contributed by atoms with van der Waals surface area (Å²) in [6.45, 7) is 2.04. The fraction of sp³-hybridized carbons (Fsp3) is 0.238. The van der Waals surface area contributed by atoms with E-state index >= 15 is 0 Å². The molecule has 0 radical (unpaired) electrons. The summed E-state index contributed by atoms with van der Waals surface area (Å²) in [5.41, 5.74) is 8.27. The second-order valence-electron chi connectivity index (χ2n) is 7.19.